The van der Waals surface area contributed by atoms with Crippen LogP contribution in [0.25, 0.3) is 0 Å². The molecule has 1 N–H and O–H groups in total. The first-order chi connectivity index (χ1) is 5.72. The Balaban J connectivity index is 2.11. The van der Waals surface area contributed by atoms with E-state index in [1.54, 1.807) is 0 Å². The zero-order valence-corrected chi connectivity index (χ0v) is 8.47. The fraction of sp³-hybridized carbons (Fsp3) is 1.00. The van der Waals surface area contributed by atoms with Crippen LogP contribution >= 0.6 is 0 Å². The molecule has 0 spiro atoms. The molecule has 1 aliphatic heterocycles. The molecular weight excluding hydrogens is 150 g/mol. The van der Waals surface area contributed by atoms with E-state index in [4.69, 9.17) is 4.74 Å². The number of hydrogen-bond donors (Lipinski definition) is 1. The molecule has 2 nitrogen and oxygen atoms in total. The molecule has 0 radical (unpaired) electrons. The van der Waals surface area contributed by atoms with Crippen LogP contribution in [-0.2, 0) is 4.74 Å². The lowest BCUT2D eigenvalue weighted by Gasteiger charge is -2.12. The Morgan fingerprint density at radius 3 is 2.75 bits per heavy atom. The quantitative estimate of drug-likeness (QED) is 0.696. The van der Waals surface area contributed by atoms with E-state index in [-0.39, 0.29) is 0 Å². The molecule has 72 valence electrons. The highest BCUT2D eigenvalue weighted by molar-refractivity contribution is 4.81. The summed E-state index contributed by atoms with van der Waals surface area (Å²) < 4.78 is 5.73. The van der Waals surface area contributed by atoms with Crippen LogP contribution in [0.15, 0.2) is 0 Å². The van der Waals surface area contributed by atoms with Gasteiger partial charge in [-0.25, -0.2) is 0 Å². The predicted molar refractivity (Wildman–Crippen MR) is 51.3 cm³/mol. The van der Waals surface area contributed by atoms with E-state index in [1.165, 1.54) is 12.8 Å². The van der Waals surface area contributed by atoms with Crippen molar-refractivity contribution in [2.24, 2.45) is 5.92 Å². The third kappa shape index (κ3) is 3.11. The summed E-state index contributed by atoms with van der Waals surface area (Å²) in [4.78, 5) is 0. The zero-order valence-electron chi connectivity index (χ0n) is 8.47. The molecule has 1 fully saturated rings. The second-order valence-electron chi connectivity index (χ2n) is 4.10. The van der Waals surface area contributed by atoms with Crippen LogP contribution < -0.4 is 5.32 Å². The van der Waals surface area contributed by atoms with Crippen molar-refractivity contribution < 1.29 is 4.74 Å². The van der Waals surface area contributed by atoms with Gasteiger partial charge in [-0.3, -0.25) is 0 Å². The van der Waals surface area contributed by atoms with Crippen molar-refractivity contribution in [1.82, 2.24) is 5.32 Å². The second-order valence-corrected chi connectivity index (χ2v) is 4.10. The molecule has 2 heteroatoms. The van der Waals surface area contributed by atoms with Crippen LogP contribution in [0.2, 0.25) is 0 Å². The van der Waals surface area contributed by atoms with Gasteiger partial charge in [0.2, 0.25) is 0 Å². The Labute approximate surface area is 75.7 Å². The summed E-state index contributed by atoms with van der Waals surface area (Å²) in [5.74, 6) is 0.658. The first-order valence-corrected chi connectivity index (χ1v) is 5.07. The lowest BCUT2D eigenvalue weighted by atomic mass is 10.1. The largest absolute Gasteiger partial charge is 0.377 e. The van der Waals surface area contributed by atoms with Crippen LogP contribution in [0.3, 0.4) is 0 Å². The van der Waals surface area contributed by atoms with Gasteiger partial charge in [-0.05, 0) is 18.8 Å². The Kier molecular flexibility index (Phi) is 4.02. The maximum atomic E-state index is 5.73. The monoisotopic (exact) mass is 171 g/mol. The standard InChI is InChI=1S/C10H21NO/c1-4-9-5-10(6-11-9)12-7-8(2)3/h8-11H,4-7H2,1-3H3/t9-,10+/m0/s1. The third-order valence-corrected chi connectivity index (χ3v) is 2.34. The summed E-state index contributed by atoms with van der Waals surface area (Å²) in [5.41, 5.74) is 0. The van der Waals surface area contributed by atoms with E-state index >= 15 is 0 Å². The van der Waals surface area contributed by atoms with Gasteiger partial charge in [-0.2, -0.15) is 0 Å². The van der Waals surface area contributed by atoms with Gasteiger partial charge in [0.05, 0.1) is 6.10 Å². The highest BCUT2D eigenvalue weighted by atomic mass is 16.5. The van der Waals surface area contributed by atoms with Crippen molar-refractivity contribution >= 4 is 0 Å². The maximum absolute atomic E-state index is 5.73. The van der Waals surface area contributed by atoms with Gasteiger partial charge in [0.1, 0.15) is 0 Å². The molecule has 1 heterocycles. The van der Waals surface area contributed by atoms with E-state index in [9.17, 15) is 0 Å². The van der Waals surface area contributed by atoms with E-state index in [0.29, 0.717) is 18.1 Å². The van der Waals surface area contributed by atoms with Crippen LogP contribution in [0.4, 0.5) is 0 Å². The Bertz CT molecular complexity index is 125. The number of rotatable bonds is 4. The first kappa shape index (κ1) is 10.0. The number of nitrogens with one attached hydrogen (secondary N) is 1. The third-order valence-electron chi connectivity index (χ3n) is 2.34. The van der Waals surface area contributed by atoms with Gasteiger partial charge in [0.25, 0.3) is 0 Å². The average molecular weight is 171 g/mol. The smallest absolute Gasteiger partial charge is 0.0714 e. The van der Waals surface area contributed by atoms with Gasteiger partial charge in [0, 0.05) is 19.2 Å². The van der Waals surface area contributed by atoms with Crippen molar-refractivity contribution in [3.63, 3.8) is 0 Å². The van der Waals surface area contributed by atoms with Crippen molar-refractivity contribution in [2.45, 2.75) is 45.8 Å². The van der Waals surface area contributed by atoms with E-state index in [1.807, 2.05) is 0 Å². The minimum Gasteiger partial charge on any atom is -0.377 e. The normalized spacial score (nSPS) is 30.0. The number of hydrogen-bond acceptors (Lipinski definition) is 2. The van der Waals surface area contributed by atoms with E-state index < -0.39 is 0 Å². The Morgan fingerprint density at radius 2 is 2.25 bits per heavy atom. The van der Waals surface area contributed by atoms with E-state index in [0.717, 1.165) is 13.2 Å². The van der Waals surface area contributed by atoms with Crippen LogP contribution in [-0.4, -0.2) is 25.3 Å². The highest BCUT2D eigenvalue weighted by Crippen LogP contribution is 2.13. The molecule has 0 aromatic rings. The van der Waals surface area contributed by atoms with Crippen molar-refractivity contribution in [1.29, 1.82) is 0 Å². The molecular formula is C10H21NO. The predicted octanol–water partition coefficient (Wildman–Crippen LogP) is 1.80. The Morgan fingerprint density at radius 1 is 1.50 bits per heavy atom. The highest BCUT2D eigenvalue weighted by Gasteiger charge is 2.22. The maximum Gasteiger partial charge on any atom is 0.0714 e. The molecule has 0 unspecified atom stereocenters. The second kappa shape index (κ2) is 4.83. The summed E-state index contributed by atoms with van der Waals surface area (Å²) >= 11 is 0. The van der Waals surface area contributed by atoms with E-state index in [2.05, 4.69) is 26.1 Å². The summed E-state index contributed by atoms with van der Waals surface area (Å²) in [7, 11) is 0. The molecule has 0 saturated carbocycles. The van der Waals surface area contributed by atoms with Crippen LogP contribution in [0, 0.1) is 5.92 Å². The SMILES string of the molecule is CC[C@H]1C[C@@H](OCC(C)C)CN1. The molecule has 0 aromatic carbocycles. The Hall–Kier alpha value is -0.0800. The van der Waals surface area contributed by atoms with Crippen LogP contribution in [0.1, 0.15) is 33.6 Å². The fourth-order valence-corrected chi connectivity index (χ4v) is 1.55. The van der Waals surface area contributed by atoms with Gasteiger partial charge in [-0.1, -0.05) is 20.8 Å². The average Bonchev–Trinajstić information content (AvgIpc) is 2.48. The van der Waals surface area contributed by atoms with Crippen molar-refractivity contribution in [3.8, 4) is 0 Å². The molecule has 0 aromatic heterocycles. The van der Waals surface area contributed by atoms with Crippen LogP contribution in [0.5, 0.6) is 0 Å². The van der Waals surface area contributed by atoms with Gasteiger partial charge in [0.15, 0.2) is 0 Å². The lowest BCUT2D eigenvalue weighted by molar-refractivity contribution is 0.0471. The molecule has 0 amide bonds. The zero-order chi connectivity index (χ0) is 8.97. The summed E-state index contributed by atoms with van der Waals surface area (Å²) in [6.45, 7) is 8.57. The summed E-state index contributed by atoms with van der Waals surface area (Å²) in [5, 5.41) is 3.46. The van der Waals surface area contributed by atoms with Crippen molar-refractivity contribution in [2.75, 3.05) is 13.2 Å². The molecule has 12 heavy (non-hydrogen) atoms. The molecule has 2 atom stereocenters. The topological polar surface area (TPSA) is 21.3 Å². The fourth-order valence-electron chi connectivity index (χ4n) is 1.55. The molecule has 1 saturated heterocycles. The van der Waals surface area contributed by atoms with Crippen molar-refractivity contribution in [3.05, 3.63) is 0 Å². The minimum atomic E-state index is 0.470. The molecule has 0 bridgehead atoms. The van der Waals surface area contributed by atoms with Gasteiger partial charge >= 0.3 is 0 Å². The number of ether oxygens (including phenoxy) is 1. The van der Waals surface area contributed by atoms with Gasteiger partial charge in [-0.15, -0.1) is 0 Å². The molecule has 1 aliphatic rings. The summed E-state index contributed by atoms with van der Waals surface area (Å²) in [6.07, 6.45) is 2.89. The lowest BCUT2D eigenvalue weighted by Crippen LogP contribution is -2.21. The summed E-state index contributed by atoms with van der Waals surface area (Å²) in [6, 6.07) is 0.696. The molecule has 1 rings (SSSR count). The first-order valence-electron chi connectivity index (χ1n) is 5.07. The molecule has 0 aliphatic carbocycles. The minimum absolute atomic E-state index is 0.470. The van der Waals surface area contributed by atoms with Gasteiger partial charge < -0.3 is 10.1 Å².